The van der Waals surface area contributed by atoms with E-state index in [-0.39, 0.29) is 28.6 Å². The molecule has 8 nitrogen and oxygen atoms in total. The van der Waals surface area contributed by atoms with Gasteiger partial charge in [-0.3, -0.25) is 9.30 Å². The number of rotatable bonds is 6. The fraction of sp³-hybridized carbons (Fsp3) is 0.240. The number of nitrogens with zero attached hydrogens (tertiary/aromatic N) is 5. The third-order valence-electron chi connectivity index (χ3n) is 6.11. The summed E-state index contributed by atoms with van der Waals surface area (Å²) in [6, 6.07) is 7.54. The molecular weight excluding hydrogens is 490 g/mol. The molecule has 0 radical (unpaired) electrons. The van der Waals surface area contributed by atoms with Crippen LogP contribution in [0.3, 0.4) is 0 Å². The molecule has 2 aromatic heterocycles. The number of anilines is 1. The maximum Gasteiger partial charge on any atom is 0.208 e. The number of nitriles is 1. The first-order valence-electron chi connectivity index (χ1n) is 11.1. The zero-order valence-electron chi connectivity index (χ0n) is 19.4. The number of hydrogen-bond donors (Lipinski definition) is 2. The van der Waals surface area contributed by atoms with E-state index in [1.165, 1.54) is 35.5 Å². The Morgan fingerprint density at radius 2 is 2.08 bits per heavy atom. The van der Waals surface area contributed by atoms with Crippen molar-refractivity contribution in [1.82, 2.24) is 19.3 Å². The smallest absolute Gasteiger partial charge is 0.208 e. The summed E-state index contributed by atoms with van der Waals surface area (Å²) in [6.07, 6.45) is 2.38. The number of imidazole rings is 1. The van der Waals surface area contributed by atoms with Crippen LogP contribution in [-0.2, 0) is 13.0 Å². The predicted octanol–water partition coefficient (Wildman–Crippen LogP) is 4.30. The number of aromatic nitrogens is 3. The third-order valence-corrected chi connectivity index (χ3v) is 6.43. The lowest BCUT2D eigenvalue weighted by Crippen LogP contribution is -2.20. The van der Waals surface area contributed by atoms with E-state index >= 15 is 0 Å². The highest BCUT2D eigenvalue weighted by atomic mass is 35.5. The van der Waals surface area contributed by atoms with Gasteiger partial charge in [0.05, 0.1) is 12.8 Å². The van der Waals surface area contributed by atoms with Crippen molar-refractivity contribution in [3.8, 4) is 22.9 Å². The average Bonchev–Trinajstić information content (AvgIpc) is 3.51. The van der Waals surface area contributed by atoms with E-state index in [1.54, 1.807) is 24.6 Å². The molecule has 4 aromatic rings. The normalized spacial score (nSPS) is 13.5. The Morgan fingerprint density at radius 3 is 2.83 bits per heavy atom. The van der Waals surface area contributed by atoms with E-state index in [0.717, 1.165) is 5.56 Å². The van der Waals surface area contributed by atoms with Gasteiger partial charge in [-0.25, -0.2) is 18.7 Å². The third kappa shape index (κ3) is 4.11. The molecule has 1 aliphatic heterocycles. The minimum atomic E-state index is -1.18. The SMILES string of the molecule is CN(C)C(O)c1cc(Cl)c(-c2cnc(NCc3c(F)ccc4c3CCO4)n3cc(C#N)nc23)cc1F. The minimum Gasteiger partial charge on any atom is -0.493 e. The van der Waals surface area contributed by atoms with Gasteiger partial charge in [-0.2, -0.15) is 5.26 Å². The quantitative estimate of drug-likeness (QED) is 0.373. The van der Waals surface area contributed by atoms with Crippen LogP contribution < -0.4 is 10.1 Å². The molecule has 3 heterocycles. The Balaban J connectivity index is 1.55. The van der Waals surface area contributed by atoms with Crippen molar-refractivity contribution >= 4 is 23.2 Å². The van der Waals surface area contributed by atoms with Crippen LogP contribution in [0.15, 0.2) is 36.7 Å². The van der Waals surface area contributed by atoms with Gasteiger partial charge in [0.15, 0.2) is 11.3 Å². The summed E-state index contributed by atoms with van der Waals surface area (Å²) in [5.74, 6) is -0.0330. The number of aliphatic hydroxyl groups is 1. The van der Waals surface area contributed by atoms with E-state index < -0.39 is 12.0 Å². The van der Waals surface area contributed by atoms with Crippen LogP contribution in [0.4, 0.5) is 14.7 Å². The zero-order chi connectivity index (χ0) is 25.6. The van der Waals surface area contributed by atoms with Crippen LogP contribution in [0.1, 0.15) is 28.6 Å². The summed E-state index contributed by atoms with van der Waals surface area (Å²) >= 11 is 6.48. The Kier molecular flexibility index (Phi) is 6.22. The van der Waals surface area contributed by atoms with Gasteiger partial charge < -0.3 is 15.2 Å². The molecule has 0 fully saturated rings. The highest BCUT2D eigenvalue weighted by Crippen LogP contribution is 2.36. The van der Waals surface area contributed by atoms with Gasteiger partial charge in [0.1, 0.15) is 29.7 Å². The maximum atomic E-state index is 14.9. The molecule has 5 rings (SSSR count). The molecule has 36 heavy (non-hydrogen) atoms. The Morgan fingerprint density at radius 1 is 1.28 bits per heavy atom. The highest BCUT2D eigenvalue weighted by Gasteiger charge is 2.22. The second-order valence-electron chi connectivity index (χ2n) is 8.57. The van der Waals surface area contributed by atoms with Crippen molar-refractivity contribution in [1.29, 1.82) is 5.26 Å². The van der Waals surface area contributed by atoms with E-state index in [4.69, 9.17) is 16.3 Å². The first-order valence-corrected chi connectivity index (χ1v) is 11.4. The number of benzene rings is 2. The van der Waals surface area contributed by atoms with E-state index in [9.17, 15) is 19.1 Å². The van der Waals surface area contributed by atoms with Gasteiger partial charge >= 0.3 is 0 Å². The lowest BCUT2D eigenvalue weighted by atomic mass is 10.0. The van der Waals surface area contributed by atoms with E-state index in [2.05, 4.69) is 15.3 Å². The molecule has 11 heteroatoms. The standard InChI is InChI=1S/C25H21ClF2N6O2/c1-33(2)24(35)16-7-19(26)15(8-21(16)28)18-11-31-25(34-12-13(9-29)32-23(18)34)30-10-17-14-5-6-36-22(14)4-3-20(17)27/h3-4,7-8,11-12,24,35H,5-6,10H2,1-2H3,(H,30,31). The molecule has 184 valence electrons. The average molecular weight is 511 g/mol. The molecular formula is C25H21ClF2N6O2. The Bertz CT molecular complexity index is 1530. The van der Waals surface area contributed by atoms with Crippen LogP contribution in [0.5, 0.6) is 5.75 Å². The molecule has 0 aliphatic carbocycles. The summed E-state index contributed by atoms with van der Waals surface area (Å²) in [6.45, 7) is 0.629. The molecule has 2 N–H and O–H groups in total. The highest BCUT2D eigenvalue weighted by molar-refractivity contribution is 6.33. The van der Waals surface area contributed by atoms with Crippen molar-refractivity contribution in [2.24, 2.45) is 0 Å². The Hall–Kier alpha value is -3.78. The minimum absolute atomic E-state index is 0.0264. The van der Waals surface area contributed by atoms with Crippen LogP contribution in [0.25, 0.3) is 16.8 Å². The van der Waals surface area contributed by atoms with Gasteiger partial charge in [-0.1, -0.05) is 11.6 Å². The molecule has 0 saturated carbocycles. The maximum absolute atomic E-state index is 14.9. The summed E-state index contributed by atoms with van der Waals surface area (Å²) in [4.78, 5) is 10.2. The molecule has 1 aliphatic rings. The summed E-state index contributed by atoms with van der Waals surface area (Å²) in [5, 5.41) is 23.0. The van der Waals surface area contributed by atoms with Crippen LogP contribution in [0.2, 0.25) is 5.02 Å². The van der Waals surface area contributed by atoms with Crippen molar-refractivity contribution < 1.29 is 18.6 Å². The largest absolute Gasteiger partial charge is 0.493 e. The van der Waals surface area contributed by atoms with Crippen LogP contribution >= 0.6 is 11.6 Å². The summed E-state index contributed by atoms with van der Waals surface area (Å²) in [5.41, 5.74) is 2.42. The predicted molar refractivity (Wildman–Crippen MR) is 130 cm³/mol. The molecule has 1 unspecified atom stereocenters. The number of ether oxygens (including phenoxy) is 1. The first-order chi connectivity index (χ1) is 17.3. The van der Waals surface area contributed by atoms with Crippen molar-refractivity contribution in [3.63, 3.8) is 0 Å². The lowest BCUT2D eigenvalue weighted by molar-refractivity contribution is 0.0365. The second kappa shape index (κ2) is 9.35. The first kappa shape index (κ1) is 23.9. The second-order valence-corrected chi connectivity index (χ2v) is 8.98. The zero-order valence-corrected chi connectivity index (χ0v) is 20.1. The molecule has 0 spiro atoms. The number of hydrogen-bond acceptors (Lipinski definition) is 7. The molecule has 0 bridgehead atoms. The van der Waals surface area contributed by atoms with Crippen molar-refractivity contribution in [2.75, 3.05) is 26.0 Å². The summed E-state index contributed by atoms with van der Waals surface area (Å²) < 4.78 is 36.6. The summed E-state index contributed by atoms with van der Waals surface area (Å²) in [7, 11) is 3.23. The van der Waals surface area contributed by atoms with Crippen molar-refractivity contribution in [3.05, 3.63) is 75.7 Å². The topological polar surface area (TPSA) is 98.7 Å². The number of aliphatic hydroxyl groups excluding tert-OH is 1. The molecule has 2 aromatic carbocycles. The fourth-order valence-corrected chi connectivity index (χ4v) is 4.54. The van der Waals surface area contributed by atoms with Gasteiger partial charge in [0.2, 0.25) is 5.95 Å². The van der Waals surface area contributed by atoms with Gasteiger partial charge in [-0.15, -0.1) is 0 Å². The lowest BCUT2D eigenvalue weighted by Gasteiger charge is -2.20. The number of fused-ring (bicyclic) bond motifs is 2. The Labute approximate surface area is 210 Å². The molecule has 1 atom stereocenters. The number of nitrogens with one attached hydrogen (secondary N) is 1. The van der Waals surface area contributed by atoms with Crippen LogP contribution in [0, 0.1) is 23.0 Å². The van der Waals surface area contributed by atoms with E-state index in [1.807, 2.05) is 6.07 Å². The molecule has 0 saturated heterocycles. The van der Waals surface area contributed by atoms with Gasteiger partial charge in [-0.05, 0) is 38.4 Å². The van der Waals surface area contributed by atoms with Gasteiger partial charge in [0.25, 0.3) is 0 Å². The fourth-order valence-electron chi connectivity index (χ4n) is 4.27. The van der Waals surface area contributed by atoms with E-state index in [0.29, 0.717) is 47.1 Å². The molecule has 0 amide bonds. The van der Waals surface area contributed by atoms with Gasteiger partial charge in [0, 0.05) is 52.0 Å². The monoisotopic (exact) mass is 510 g/mol. The number of halogens is 3. The van der Waals surface area contributed by atoms with Crippen molar-refractivity contribution in [2.45, 2.75) is 19.2 Å². The van der Waals surface area contributed by atoms with Crippen LogP contribution in [-0.4, -0.2) is 45.1 Å².